The third-order valence-electron chi connectivity index (χ3n) is 2.44. The highest BCUT2D eigenvalue weighted by Gasteiger charge is 2.23. The Morgan fingerprint density at radius 1 is 1.50 bits per heavy atom. The third kappa shape index (κ3) is 3.66. The van der Waals surface area contributed by atoms with Gasteiger partial charge in [0.25, 0.3) is 0 Å². The van der Waals surface area contributed by atoms with E-state index in [1.807, 2.05) is 0 Å². The second kappa shape index (κ2) is 5.76. The highest BCUT2D eigenvalue weighted by molar-refractivity contribution is 6.31. The summed E-state index contributed by atoms with van der Waals surface area (Å²) in [5.41, 5.74) is 1.17. The smallest absolute Gasteiger partial charge is 0.319 e. The monoisotopic (exact) mass is 264 g/mol. The molecule has 3 N–H and O–H groups in total. The molecular formula is C13H13ClN2O2. The molecule has 0 saturated heterocycles. The number of amides is 2. The van der Waals surface area contributed by atoms with E-state index < -0.39 is 0 Å². The molecule has 0 bridgehead atoms. The number of rotatable bonds is 2. The van der Waals surface area contributed by atoms with Gasteiger partial charge in [-0.1, -0.05) is 23.4 Å². The van der Waals surface area contributed by atoms with Crippen LogP contribution in [0.3, 0.4) is 0 Å². The molecule has 0 atom stereocenters. The average molecular weight is 265 g/mol. The summed E-state index contributed by atoms with van der Waals surface area (Å²) in [6, 6.07) is 5.06. The Kier molecular flexibility index (Phi) is 4.08. The predicted octanol–water partition coefficient (Wildman–Crippen LogP) is 1.97. The molecule has 94 valence electrons. The number of urea groups is 1. The first kappa shape index (κ1) is 12.7. The van der Waals surface area contributed by atoms with Crippen molar-refractivity contribution in [2.75, 3.05) is 11.9 Å². The van der Waals surface area contributed by atoms with Gasteiger partial charge in [0.05, 0.1) is 5.69 Å². The van der Waals surface area contributed by atoms with Crippen molar-refractivity contribution < 1.29 is 9.90 Å². The topological polar surface area (TPSA) is 61.4 Å². The predicted molar refractivity (Wildman–Crippen MR) is 70.6 cm³/mol. The molecule has 4 nitrogen and oxygen atoms in total. The quantitative estimate of drug-likeness (QED) is 0.715. The van der Waals surface area contributed by atoms with Gasteiger partial charge < -0.3 is 15.7 Å². The molecule has 0 heterocycles. The standard InChI is InChI=1S/C13H13ClN2O2/c14-10-4-3-9(2-1-7-17)12(8-10)16-13(18)15-11-5-6-11/h3-4,8,11,17H,5-7H2,(H2,15,16,18). The lowest BCUT2D eigenvalue weighted by atomic mass is 10.2. The fourth-order valence-corrected chi connectivity index (χ4v) is 1.61. The van der Waals surface area contributed by atoms with Crippen LogP contribution in [-0.2, 0) is 0 Å². The van der Waals surface area contributed by atoms with Crippen molar-refractivity contribution in [2.45, 2.75) is 18.9 Å². The number of nitrogens with one attached hydrogen (secondary N) is 2. The summed E-state index contributed by atoms with van der Waals surface area (Å²) in [4.78, 5) is 11.6. The molecule has 0 unspecified atom stereocenters. The molecule has 1 fully saturated rings. The number of hydrogen-bond acceptors (Lipinski definition) is 2. The van der Waals surface area contributed by atoms with Crippen LogP contribution >= 0.6 is 11.6 Å². The van der Waals surface area contributed by atoms with Crippen LogP contribution in [0.2, 0.25) is 5.02 Å². The summed E-state index contributed by atoms with van der Waals surface area (Å²) < 4.78 is 0. The molecule has 1 aliphatic rings. The van der Waals surface area contributed by atoms with Gasteiger partial charge in [-0.15, -0.1) is 0 Å². The zero-order valence-corrected chi connectivity index (χ0v) is 10.4. The van der Waals surface area contributed by atoms with Crippen molar-refractivity contribution in [3.8, 4) is 11.8 Å². The molecule has 0 aliphatic heterocycles. The number of carbonyl (C=O) groups is 1. The van der Waals surface area contributed by atoms with Gasteiger partial charge in [0.1, 0.15) is 6.61 Å². The fraction of sp³-hybridized carbons (Fsp3) is 0.308. The number of anilines is 1. The van der Waals surface area contributed by atoms with E-state index >= 15 is 0 Å². The van der Waals surface area contributed by atoms with Gasteiger partial charge in [-0.05, 0) is 31.0 Å². The molecule has 0 aromatic heterocycles. The largest absolute Gasteiger partial charge is 0.384 e. The molecule has 2 amide bonds. The third-order valence-corrected chi connectivity index (χ3v) is 2.68. The second-order valence-electron chi connectivity index (χ2n) is 4.02. The summed E-state index contributed by atoms with van der Waals surface area (Å²) in [6.45, 7) is -0.226. The lowest BCUT2D eigenvalue weighted by Gasteiger charge is -2.09. The zero-order valence-electron chi connectivity index (χ0n) is 9.66. The first-order valence-electron chi connectivity index (χ1n) is 5.66. The summed E-state index contributed by atoms with van der Waals surface area (Å²) in [6.07, 6.45) is 2.06. The summed E-state index contributed by atoms with van der Waals surface area (Å²) in [5.74, 6) is 5.30. The van der Waals surface area contributed by atoms with Gasteiger partial charge in [-0.3, -0.25) is 0 Å². The van der Waals surface area contributed by atoms with Crippen LogP contribution < -0.4 is 10.6 Å². The number of benzene rings is 1. The van der Waals surface area contributed by atoms with Crippen molar-refractivity contribution >= 4 is 23.3 Å². The minimum absolute atomic E-state index is 0.226. The van der Waals surface area contributed by atoms with E-state index in [0.717, 1.165) is 12.8 Å². The van der Waals surface area contributed by atoms with E-state index in [9.17, 15) is 4.79 Å². The Balaban J connectivity index is 2.12. The van der Waals surface area contributed by atoms with E-state index in [1.54, 1.807) is 18.2 Å². The highest BCUT2D eigenvalue weighted by Crippen LogP contribution is 2.22. The Labute approximate surface area is 110 Å². The number of hydrogen-bond donors (Lipinski definition) is 3. The van der Waals surface area contributed by atoms with Gasteiger partial charge in [0, 0.05) is 16.6 Å². The lowest BCUT2D eigenvalue weighted by molar-refractivity contribution is 0.251. The Morgan fingerprint density at radius 2 is 2.28 bits per heavy atom. The van der Waals surface area contributed by atoms with E-state index in [0.29, 0.717) is 16.3 Å². The molecule has 0 spiro atoms. The van der Waals surface area contributed by atoms with Gasteiger partial charge >= 0.3 is 6.03 Å². The van der Waals surface area contributed by atoms with Crippen molar-refractivity contribution in [1.82, 2.24) is 5.32 Å². The normalized spacial score (nSPS) is 13.4. The zero-order chi connectivity index (χ0) is 13.0. The number of halogens is 1. The van der Waals surface area contributed by atoms with Gasteiger partial charge in [-0.25, -0.2) is 4.79 Å². The Hall–Kier alpha value is -1.70. The fourth-order valence-electron chi connectivity index (χ4n) is 1.44. The summed E-state index contributed by atoms with van der Waals surface area (Å²) in [5, 5.41) is 14.7. The van der Waals surface area contributed by atoms with Gasteiger partial charge in [0.2, 0.25) is 0 Å². The van der Waals surface area contributed by atoms with Crippen molar-refractivity contribution in [2.24, 2.45) is 0 Å². The van der Waals surface area contributed by atoms with Crippen LogP contribution in [0.25, 0.3) is 0 Å². The van der Waals surface area contributed by atoms with Crippen LogP contribution in [0.5, 0.6) is 0 Å². The summed E-state index contributed by atoms with van der Waals surface area (Å²) in [7, 11) is 0. The molecule has 1 saturated carbocycles. The lowest BCUT2D eigenvalue weighted by Crippen LogP contribution is -2.30. The van der Waals surface area contributed by atoms with Crippen LogP contribution in [-0.4, -0.2) is 23.8 Å². The summed E-state index contributed by atoms with van der Waals surface area (Å²) >= 11 is 5.88. The SMILES string of the molecule is O=C(Nc1cc(Cl)ccc1C#CCO)NC1CC1. The average Bonchev–Trinajstić information content (AvgIpc) is 3.12. The van der Waals surface area contributed by atoms with E-state index in [2.05, 4.69) is 22.5 Å². The second-order valence-corrected chi connectivity index (χ2v) is 4.46. The molecule has 18 heavy (non-hydrogen) atoms. The van der Waals surface area contributed by atoms with Crippen LogP contribution in [0.15, 0.2) is 18.2 Å². The molecule has 1 aromatic rings. The Morgan fingerprint density at radius 3 is 2.94 bits per heavy atom. The molecule has 1 aromatic carbocycles. The minimum Gasteiger partial charge on any atom is -0.384 e. The number of carbonyl (C=O) groups excluding carboxylic acids is 1. The molecule has 0 radical (unpaired) electrons. The van der Waals surface area contributed by atoms with E-state index in [-0.39, 0.29) is 18.7 Å². The van der Waals surface area contributed by atoms with Crippen molar-refractivity contribution in [3.05, 3.63) is 28.8 Å². The molecule has 1 aliphatic carbocycles. The first-order chi connectivity index (χ1) is 8.69. The van der Waals surface area contributed by atoms with Gasteiger partial charge in [0.15, 0.2) is 0 Å². The molecule has 2 rings (SSSR count). The van der Waals surface area contributed by atoms with Gasteiger partial charge in [-0.2, -0.15) is 0 Å². The maximum atomic E-state index is 11.6. The molecular weight excluding hydrogens is 252 g/mol. The van der Waals surface area contributed by atoms with Crippen LogP contribution in [0.4, 0.5) is 10.5 Å². The maximum Gasteiger partial charge on any atom is 0.319 e. The number of aliphatic hydroxyl groups is 1. The number of aliphatic hydroxyl groups excluding tert-OH is 1. The van der Waals surface area contributed by atoms with E-state index in [1.165, 1.54) is 0 Å². The maximum absolute atomic E-state index is 11.6. The van der Waals surface area contributed by atoms with Crippen LogP contribution in [0, 0.1) is 11.8 Å². The Bertz CT molecular complexity index is 515. The van der Waals surface area contributed by atoms with E-state index in [4.69, 9.17) is 16.7 Å². The minimum atomic E-state index is -0.258. The first-order valence-corrected chi connectivity index (χ1v) is 6.03. The highest BCUT2D eigenvalue weighted by atomic mass is 35.5. The van der Waals surface area contributed by atoms with Crippen molar-refractivity contribution in [3.63, 3.8) is 0 Å². The van der Waals surface area contributed by atoms with Crippen LogP contribution in [0.1, 0.15) is 18.4 Å². The van der Waals surface area contributed by atoms with Crippen molar-refractivity contribution in [1.29, 1.82) is 0 Å². The molecule has 5 heteroatoms.